The number of carbonyl (C=O) groups excluding carboxylic acids is 1. The number of nitrogens with zero attached hydrogens (tertiary/aromatic N) is 1. The molecular formula is C15H16N2O. The standard InChI is InChI=1S/C15H16N2O/c18-15(8-9-17-10-11-17)16-14-7-3-5-12-4-1-2-6-13(12)14/h1-7H,8-11H2,(H,16,18). The van der Waals surface area contributed by atoms with Crippen molar-refractivity contribution in [3.05, 3.63) is 42.5 Å². The molecule has 1 aliphatic heterocycles. The van der Waals surface area contributed by atoms with E-state index in [1.165, 1.54) is 0 Å². The zero-order valence-corrected chi connectivity index (χ0v) is 10.2. The minimum atomic E-state index is 0.0956. The minimum Gasteiger partial charge on any atom is -0.325 e. The van der Waals surface area contributed by atoms with Crippen LogP contribution < -0.4 is 5.32 Å². The van der Waals surface area contributed by atoms with Crippen LogP contribution in [0.15, 0.2) is 42.5 Å². The van der Waals surface area contributed by atoms with Gasteiger partial charge in [0.25, 0.3) is 0 Å². The highest BCUT2D eigenvalue weighted by atomic mass is 16.1. The Kier molecular flexibility index (Phi) is 2.99. The van der Waals surface area contributed by atoms with Crippen LogP contribution in [0, 0.1) is 0 Å². The summed E-state index contributed by atoms with van der Waals surface area (Å²) in [6, 6.07) is 14.1. The number of carbonyl (C=O) groups is 1. The summed E-state index contributed by atoms with van der Waals surface area (Å²) in [5.74, 6) is 0.0956. The second-order valence-electron chi connectivity index (χ2n) is 4.67. The van der Waals surface area contributed by atoms with Crippen molar-refractivity contribution in [2.45, 2.75) is 6.42 Å². The number of nitrogens with one attached hydrogen (secondary N) is 1. The maximum Gasteiger partial charge on any atom is 0.225 e. The van der Waals surface area contributed by atoms with Crippen LogP contribution in [0.5, 0.6) is 0 Å². The Bertz CT molecular complexity index is 570. The van der Waals surface area contributed by atoms with Gasteiger partial charge in [-0.05, 0) is 11.5 Å². The molecule has 2 aromatic rings. The molecule has 0 atom stereocenters. The third-order valence-electron chi connectivity index (χ3n) is 3.26. The van der Waals surface area contributed by atoms with Crippen LogP contribution in [0.2, 0.25) is 0 Å². The third-order valence-corrected chi connectivity index (χ3v) is 3.26. The van der Waals surface area contributed by atoms with Gasteiger partial charge in [0, 0.05) is 37.1 Å². The maximum atomic E-state index is 11.9. The van der Waals surface area contributed by atoms with Gasteiger partial charge in [-0.25, -0.2) is 0 Å². The van der Waals surface area contributed by atoms with Crippen molar-refractivity contribution in [1.29, 1.82) is 0 Å². The minimum absolute atomic E-state index is 0.0956. The van der Waals surface area contributed by atoms with Crippen LogP contribution >= 0.6 is 0 Å². The molecule has 0 aliphatic carbocycles. The summed E-state index contributed by atoms with van der Waals surface area (Å²) in [7, 11) is 0. The first-order valence-electron chi connectivity index (χ1n) is 6.33. The van der Waals surface area contributed by atoms with Gasteiger partial charge in [0.2, 0.25) is 5.91 Å². The first kappa shape index (κ1) is 11.2. The molecule has 0 saturated carbocycles. The summed E-state index contributed by atoms with van der Waals surface area (Å²) in [5, 5.41) is 5.25. The summed E-state index contributed by atoms with van der Waals surface area (Å²) >= 11 is 0. The zero-order chi connectivity index (χ0) is 12.4. The third kappa shape index (κ3) is 2.51. The Morgan fingerprint density at radius 2 is 1.89 bits per heavy atom. The van der Waals surface area contributed by atoms with Gasteiger partial charge in [-0.2, -0.15) is 0 Å². The number of anilines is 1. The molecule has 1 saturated heterocycles. The number of rotatable bonds is 4. The van der Waals surface area contributed by atoms with Crippen LogP contribution in [0.3, 0.4) is 0 Å². The molecule has 0 spiro atoms. The van der Waals surface area contributed by atoms with E-state index in [0.29, 0.717) is 6.42 Å². The highest BCUT2D eigenvalue weighted by Gasteiger charge is 2.17. The van der Waals surface area contributed by atoms with Gasteiger partial charge in [-0.15, -0.1) is 0 Å². The fraction of sp³-hybridized carbons (Fsp3) is 0.267. The quantitative estimate of drug-likeness (QED) is 0.833. The molecule has 3 nitrogen and oxygen atoms in total. The first-order valence-corrected chi connectivity index (χ1v) is 6.33. The molecule has 1 fully saturated rings. The van der Waals surface area contributed by atoms with Gasteiger partial charge >= 0.3 is 0 Å². The van der Waals surface area contributed by atoms with Gasteiger partial charge in [-0.1, -0.05) is 36.4 Å². The highest BCUT2D eigenvalue weighted by molar-refractivity contribution is 6.02. The smallest absolute Gasteiger partial charge is 0.225 e. The maximum absolute atomic E-state index is 11.9. The van der Waals surface area contributed by atoms with Crippen molar-refractivity contribution in [3.8, 4) is 0 Å². The van der Waals surface area contributed by atoms with Crippen LogP contribution in [0.4, 0.5) is 5.69 Å². The predicted octanol–water partition coefficient (Wildman–Crippen LogP) is 2.48. The SMILES string of the molecule is O=C(CCN1CC1)Nc1cccc2ccccc12. The summed E-state index contributed by atoms with van der Waals surface area (Å²) in [4.78, 5) is 14.1. The van der Waals surface area contributed by atoms with Crippen molar-refractivity contribution in [2.75, 3.05) is 25.0 Å². The number of amides is 1. The van der Waals surface area contributed by atoms with Crippen LogP contribution in [0.1, 0.15) is 6.42 Å². The van der Waals surface area contributed by atoms with Crippen molar-refractivity contribution in [1.82, 2.24) is 4.90 Å². The molecule has 0 bridgehead atoms. The van der Waals surface area contributed by atoms with E-state index in [2.05, 4.69) is 22.3 Å². The van der Waals surface area contributed by atoms with E-state index in [0.717, 1.165) is 36.1 Å². The molecule has 2 aromatic carbocycles. The average Bonchev–Trinajstić information content (AvgIpc) is 3.21. The molecule has 18 heavy (non-hydrogen) atoms. The number of hydrogen-bond acceptors (Lipinski definition) is 2. The van der Waals surface area contributed by atoms with Crippen LogP contribution in [-0.2, 0) is 4.79 Å². The summed E-state index contributed by atoms with van der Waals surface area (Å²) in [5.41, 5.74) is 0.906. The summed E-state index contributed by atoms with van der Waals surface area (Å²) < 4.78 is 0. The molecule has 1 heterocycles. The second kappa shape index (κ2) is 4.78. The largest absolute Gasteiger partial charge is 0.325 e. The Hall–Kier alpha value is -1.87. The van der Waals surface area contributed by atoms with Crippen molar-refractivity contribution < 1.29 is 4.79 Å². The van der Waals surface area contributed by atoms with E-state index in [4.69, 9.17) is 0 Å². The molecule has 0 radical (unpaired) electrons. The monoisotopic (exact) mass is 240 g/mol. The lowest BCUT2D eigenvalue weighted by molar-refractivity contribution is -0.116. The van der Waals surface area contributed by atoms with Gasteiger partial charge in [0.05, 0.1) is 0 Å². The molecule has 0 unspecified atom stereocenters. The lowest BCUT2D eigenvalue weighted by Gasteiger charge is -2.08. The average molecular weight is 240 g/mol. The summed E-state index contributed by atoms with van der Waals surface area (Å²) in [6.07, 6.45) is 0.573. The normalized spacial score (nSPS) is 14.7. The first-order chi connectivity index (χ1) is 8.83. The van der Waals surface area contributed by atoms with E-state index in [-0.39, 0.29) is 5.91 Å². The summed E-state index contributed by atoms with van der Waals surface area (Å²) in [6.45, 7) is 3.15. The number of fused-ring (bicyclic) bond motifs is 1. The Labute approximate surface area is 106 Å². The number of hydrogen-bond donors (Lipinski definition) is 1. The number of benzene rings is 2. The molecule has 92 valence electrons. The van der Waals surface area contributed by atoms with E-state index in [9.17, 15) is 4.79 Å². The molecule has 3 heteroatoms. The Morgan fingerprint density at radius 1 is 1.11 bits per heavy atom. The Balaban J connectivity index is 1.74. The van der Waals surface area contributed by atoms with E-state index in [1.54, 1.807) is 0 Å². The van der Waals surface area contributed by atoms with Crippen molar-refractivity contribution in [2.24, 2.45) is 0 Å². The lowest BCUT2D eigenvalue weighted by atomic mass is 10.1. The molecule has 1 amide bonds. The topological polar surface area (TPSA) is 32.1 Å². The van der Waals surface area contributed by atoms with Gasteiger partial charge < -0.3 is 10.2 Å². The molecule has 0 aromatic heterocycles. The zero-order valence-electron chi connectivity index (χ0n) is 10.2. The fourth-order valence-electron chi connectivity index (χ4n) is 2.10. The highest BCUT2D eigenvalue weighted by Crippen LogP contribution is 2.23. The fourth-order valence-corrected chi connectivity index (χ4v) is 2.10. The van der Waals surface area contributed by atoms with Crippen molar-refractivity contribution in [3.63, 3.8) is 0 Å². The Morgan fingerprint density at radius 3 is 2.72 bits per heavy atom. The van der Waals surface area contributed by atoms with Crippen LogP contribution in [-0.4, -0.2) is 30.4 Å². The van der Waals surface area contributed by atoms with Gasteiger partial charge in [0.15, 0.2) is 0 Å². The molecule has 3 rings (SSSR count). The van der Waals surface area contributed by atoms with Gasteiger partial charge in [0.1, 0.15) is 0 Å². The molecule has 1 N–H and O–H groups in total. The van der Waals surface area contributed by atoms with E-state index < -0.39 is 0 Å². The molecular weight excluding hydrogens is 224 g/mol. The predicted molar refractivity (Wildman–Crippen MR) is 73.6 cm³/mol. The van der Waals surface area contributed by atoms with Crippen LogP contribution in [0.25, 0.3) is 10.8 Å². The van der Waals surface area contributed by atoms with E-state index in [1.807, 2.05) is 30.3 Å². The lowest BCUT2D eigenvalue weighted by Crippen LogP contribution is -2.16. The second-order valence-corrected chi connectivity index (χ2v) is 4.67. The van der Waals surface area contributed by atoms with Crippen molar-refractivity contribution >= 4 is 22.4 Å². The van der Waals surface area contributed by atoms with Gasteiger partial charge in [-0.3, -0.25) is 4.79 Å². The van der Waals surface area contributed by atoms with E-state index >= 15 is 0 Å². The molecule has 1 aliphatic rings.